The maximum atomic E-state index is 4.62. The average Bonchev–Trinajstić information content (AvgIpc) is 4.00. The molecule has 12 nitrogen and oxygen atoms in total. The number of hydrogen-bond donors (Lipinski definition) is 4. The second-order valence-corrected chi connectivity index (χ2v) is 14.2. The number of nitrogens with zero attached hydrogens (tertiary/aromatic N) is 8. The van der Waals surface area contributed by atoms with Gasteiger partial charge in [0.25, 0.3) is 0 Å². The Kier molecular flexibility index (Phi) is 9.51. The van der Waals surface area contributed by atoms with Crippen LogP contribution in [0.15, 0.2) is 122 Å². The number of rotatable bonds is 9. The van der Waals surface area contributed by atoms with E-state index in [-0.39, 0.29) is 27.3 Å². The van der Waals surface area contributed by atoms with Crippen LogP contribution in [0.4, 0.5) is 0 Å². The standard InChI is InChI=1S/C34H24I2N12.Cd/c35-33(21-10-4-1-5-11-21,22-12-6-2-7-13-22)34(36,23-14-8-3-9-15-23)25-16-24(26-17-37-45-41-26)30(27-18-38-46-42-27)32(29-20-40-48-44-29)31(25)28-19-39-47-43-28;/h1-20H,(H,37,41,45)(H,38,42,46)(H,39,43,47)(H,40,44,48);. The van der Waals surface area contributed by atoms with Gasteiger partial charge in [-0.1, -0.05) is 157 Å². The zero-order chi connectivity index (χ0) is 32.6. The molecule has 4 heterocycles. The van der Waals surface area contributed by atoms with Crippen molar-refractivity contribution < 1.29 is 27.3 Å². The number of nitrogens with one attached hydrogen (secondary N) is 4. The fourth-order valence-corrected chi connectivity index (χ4v) is 9.09. The van der Waals surface area contributed by atoms with Gasteiger partial charge in [-0.25, -0.2) is 0 Å². The van der Waals surface area contributed by atoms with Gasteiger partial charge in [0.15, 0.2) is 0 Å². The summed E-state index contributed by atoms with van der Waals surface area (Å²) in [7, 11) is 0. The zero-order valence-electron chi connectivity index (χ0n) is 25.6. The van der Waals surface area contributed by atoms with Crippen LogP contribution in [0.3, 0.4) is 0 Å². The fraction of sp³-hybridized carbons (Fsp3) is 0.0588. The molecule has 1 atom stereocenters. The maximum Gasteiger partial charge on any atom is 0.114 e. The van der Waals surface area contributed by atoms with Crippen molar-refractivity contribution in [1.82, 2.24) is 61.6 Å². The van der Waals surface area contributed by atoms with Crippen molar-refractivity contribution in [2.24, 2.45) is 0 Å². The molecule has 4 N–H and O–H groups in total. The van der Waals surface area contributed by atoms with Crippen LogP contribution < -0.4 is 0 Å². The van der Waals surface area contributed by atoms with Crippen LogP contribution in [0.2, 0.25) is 0 Å². The molecule has 0 spiro atoms. The van der Waals surface area contributed by atoms with E-state index in [9.17, 15) is 0 Å². The van der Waals surface area contributed by atoms with Crippen LogP contribution in [-0.2, 0) is 34.1 Å². The molecule has 0 fully saturated rings. The van der Waals surface area contributed by atoms with E-state index in [1.54, 1.807) is 24.8 Å². The van der Waals surface area contributed by atoms with E-state index in [1.165, 1.54) is 0 Å². The summed E-state index contributed by atoms with van der Waals surface area (Å²) in [4.78, 5) is 0. The number of halogens is 2. The third-order valence-corrected chi connectivity index (χ3v) is 13.5. The van der Waals surface area contributed by atoms with E-state index in [0.29, 0.717) is 22.8 Å². The molecule has 0 aliphatic rings. The summed E-state index contributed by atoms with van der Waals surface area (Å²) in [5.41, 5.74) is 9.71. The summed E-state index contributed by atoms with van der Waals surface area (Å²) in [5, 5.41) is 46.3. The second kappa shape index (κ2) is 14.0. The van der Waals surface area contributed by atoms with Crippen molar-refractivity contribution in [3.8, 4) is 45.0 Å². The van der Waals surface area contributed by atoms with Gasteiger partial charge >= 0.3 is 0 Å². The summed E-state index contributed by atoms with van der Waals surface area (Å²) in [5.74, 6) is 0. The zero-order valence-corrected chi connectivity index (χ0v) is 33.9. The summed E-state index contributed by atoms with van der Waals surface area (Å²) in [6.07, 6.45) is 7.09. The van der Waals surface area contributed by atoms with Crippen LogP contribution in [-0.4, -0.2) is 61.6 Å². The van der Waals surface area contributed by atoms with Crippen LogP contribution in [0, 0.1) is 0 Å². The van der Waals surface area contributed by atoms with Gasteiger partial charge < -0.3 is 0 Å². The molecule has 1 unspecified atom stereocenters. The molecule has 0 saturated carbocycles. The van der Waals surface area contributed by atoms with Crippen molar-refractivity contribution in [3.05, 3.63) is 144 Å². The molecule has 15 heteroatoms. The van der Waals surface area contributed by atoms with Crippen LogP contribution in [0.1, 0.15) is 22.3 Å². The first kappa shape index (κ1) is 33.3. The van der Waals surface area contributed by atoms with Gasteiger partial charge in [-0.05, 0) is 28.3 Å². The molecule has 8 aromatic rings. The maximum absolute atomic E-state index is 4.62. The van der Waals surface area contributed by atoms with E-state index < -0.39 is 6.84 Å². The third-order valence-electron chi connectivity index (χ3n) is 8.40. The topological polar surface area (TPSA) is 166 Å². The molecule has 0 aliphatic carbocycles. The largest absolute Gasteiger partial charge is 0.265 e. The predicted octanol–water partition coefficient (Wildman–Crippen LogP) is 6.88. The van der Waals surface area contributed by atoms with Gasteiger partial charge in [-0.15, -0.1) is 20.4 Å². The summed E-state index contributed by atoms with van der Waals surface area (Å²) >= 11 is 5.30. The fourth-order valence-electron chi connectivity index (χ4n) is 6.36. The quantitative estimate of drug-likeness (QED) is 0.0691. The average molecular weight is 967 g/mol. The SMILES string of the molecule is IC(c1ccccc1)(c1ccccc1)C(I)(c1ccccc1)c1cc(-c2c[nH]nn2)c(-c2c[nH]nn2)c(-c2c[nH]nn2)c1-c1c[nH]nn1.[Cd]. The van der Waals surface area contributed by atoms with Crippen molar-refractivity contribution in [2.75, 3.05) is 0 Å². The van der Waals surface area contributed by atoms with E-state index in [4.69, 9.17) is 0 Å². The molecule has 0 radical (unpaired) electrons. The summed E-state index contributed by atoms with van der Waals surface area (Å²) < 4.78 is -1.51. The summed E-state index contributed by atoms with van der Waals surface area (Å²) in [6.45, 7) is 0. The number of aromatic amines is 4. The first-order valence-electron chi connectivity index (χ1n) is 14.8. The smallest absolute Gasteiger partial charge is 0.114 e. The number of hydrogen-bond acceptors (Lipinski definition) is 8. The van der Waals surface area contributed by atoms with Gasteiger partial charge in [-0.2, -0.15) is 0 Å². The monoisotopic (exact) mass is 968 g/mol. The van der Waals surface area contributed by atoms with Crippen molar-refractivity contribution >= 4 is 45.2 Å². The molecule has 0 aliphatic heterocycles. The van der Waals surface area contributed by atoms with Gasteiger partial charge in [0.05, 0.1) is 31.6 Å². The summed E-state index contributed by atoms with van der Waals surface area (Å²) in [6, 6.07) is 33.9. The van der Waals surface area contributed by atoms with Gasteiger partial charge in [-0.3, -0.25) is 20.4 Å². The minimum atomic E-state index is -0.817. The Labute approximate surface area is 327 Å². The molecule has 0 saturated heterocycles. The number of alkyl halides is 2. The molecule has 0 bridgehead atoms. The predicted molar refractivity (Wildman–Crippen MR) is 197 cm³/mol. The second-order valence-electron chi connectivity index (χ2n) is 10.9. The number of benzene rings is 4. The van der Waals surface area contributed by atoms with Crippen LogP contribution in [0.5, 0.6) is 0 Å². The molecule has 0 amide bonds. The van der Waals surface area contributed by atoms with Crippen LogP contribution >= 0.6 is 45.2 Å². The van der Waals surface area contributed by atoms with Gasteiger partial charge in [0.1, 0.15) is 22.8 Å². The Hall–Kier alpha value is -4.18. The Bertz CT molecular complexity index is 2210. The Morgan fingerprint density at radius 1 is 0.429 bits per heavy atom. The van der Waals surface area contributed by atoms with E-state index in [1.807, 2.05) is 18.2 Å². The molecule has 49 heavy (non-hydrogen) atoms. The molecule has 4 aromatic carbocycles. The Morgan fingerprint density at radius 2 is 0.796 bits per heavy atom. The minimum Gasteiger partial charge on any atom is -0.265 e. The van der Waals surface area contributed by atoms with Crippen molar-refractivity contribution in [1.29, 1.82) is 0 Å². The van der Waals surface area contributed by atoms with Crippen molar-refractivity contribution in [3.63, 3.8) is 0 Å². The van der Waals surface area contributed by atoms with Gasteiger partial charge in [0, 0.05) is 49.6 Å². The minimum absolute atomic E-state index is 0. The Balaban J connectivity index is 0.00000378. The first-order valence-corrected chi connectivity index (χ1v) is 17.0. The Morgan fingerprint density at radius 3 is 1.20 bits per heavy atom. The van der Waals surface area contributed by atoms with E-state index in [0.717, 1.165) is 44.5 Å². The van der Waals surface area contributed by atoms with E-state index >= 15 is 0 Å². The van der Waals surface area contributed by atoms with Gasteiger partial charge in [0.2, 0.25) is 0 Å². The molecule has 4 aromatic heterocycles. The molecule has 8 rings (SSSR count). The molecular formula is C34H24CdI2N12. The molecular weight excluding hydrogens is 943 g/mol. The van der Waals surface area contributed by atoms with Crippen LogP contribution in [0.25, 0.3) is 45.0 Å². The third kappa shape index (κ3) is 5.62. The van der Waals surface area contributed by atoms with Crippen molar-refractivity contribution in [2.45, 2.75) is 6.84 Å². The molecule has 236 valence electrons. The number of H-pyrrole nitrogens is 4. The van der Waals surface area contributed by atoms with E-state index in [2.05, 4.69) is 186 Å². The first-order chi connectivity index (χ1) is 23.6. The number of aromatic nitrogens is 12. The normalized spacial score (nSPS) is 12.7.